The van der Waals surface area contributed by atoms with Gasteiger partial charge in [-0.2, -0.15) is 0 Å². The molecule has 0 radical (unpaired) electrons. The van der Waals surface area contributed by atoms with E-state index in [9.17, 15) is 4.21 Å². The molecule has 2 aromatic rings. The number of nitrogens with zero attached hydrogens (tertiary/aromatic N) is 1. The average Bonchev–Trinajstić information content (AvgIpc) is 2.82. The lowest BCUT2D eigenvalue weighted by atomic mass is 10.1. The van der Waals surface area contributed by atoms with Gasteiger partial charge in [0.25, 0.3) is 0 Å². The number of aromatic nitrogens is 1. The number of rotatable bonds is 5. The van der Waals surface area contributed by atoms with Crippen molar-refractivity contribution in [3.63, 3.8) is 0 Å². The third-order valence-electron chi connectivity index (χ3n) is 2.82. The zero-order valence-electron chi connectivity index (χ0n) is 11.2. The van der Waals surface area contributed by atoms with E-state index in [4.69, 9.17) is 27.6 Å². The Kier molecular flexibility index (Phi) is 5.24. The number of hydrogen-bond donors (Lipinski definition) is 0. The second-order valence-electron chi connectivity index (χ2n) is 4.78. The fourth-order valence-corrected chi connectivity index (χ4v) is 3.55. The number of halogens is 2. The first kappa shape index (κ1) is 15.5. The van der Waals surface area contributed by atoms with Crippen LogP contribution in [0.4, 0.5) is 0 Å². The predicted octanol–water partition coefficient (Wildman–Crippen LogP) is 4.55. The Bertz CT molecular complexity index is 625. The molecule has 0 aliphatic heterocycles. The molecule has 0 aliphatic carbocycles. The molecular weight excluding hydrogens is 317 g/mol. The van der Waals surface area contributed by atoms with Gasteiger partial charge in [-0.3, -0.25) is 4.21 Å². The quantitative estimate of drug-likeness (QED) is 0.806. The summed E-state index contributed by atoms with van der Waals surface area (Å²) in [6.07, 6.45) is 1.40. The molecule has 1 aromatic heterocycles. The zero-order chi connectivity index (χ0) is 14.7. The SMILES string of the molecule is CC(C)c1ocnc1C[S@](=O)Cc1cc(Cl)ccc1Cl. The van der Waals surface area contributed by atoms with E-state index in [2.05, 4.69) is 4.98 Å². The lowest BCUT2D eigenvalue weighted by Gasteiger charge is -2.06. The molecule has 3 nitrogen and oxygen atoms in total. The summed E-state index contributed by atoms with van der Waals surface area (Å²) in [6.45, 7) is 4.03. The van der Waals surface area contributed by atoms with Crippen LogP contribution < -0.4 is 0 Å². The van der Waals surface area contributed by atoms with Crippen molar-refractivity contribution in [2.24, 2.45) is 0 Å². The molecule has 1 aromatic carbocycles. The van der Waals surface area contributed by atoms with E-state index < -0.39 is 10.8 Å². The third-order valence-corrected chi connectivity index (χ3v) is 4.65. The van der Waals surface area contributed by atoms with Crippen molar-refractivity contribution in [1.82, 2.24) is 4.98 Å². The number of oxazole rings is 1. The zero-order valence-corrected chi connectivity index (χ0v) is 13.6. The van der Waals surface area contributed by atoms with Crippen LogP contribution in [-0.4, -0.2) is 9.19 Å². The van der Waals surface area contributed by atoms with Crippen LogP contribution in [0.25, 0.3) is 0 Å². The van der Waals surface area contributed by atoms with Crippen molar-refractivity contribution in [2.75, 3.05) is 0 Å². The second-order valence-corrected chi connectivity index (χ2v) is 7.08. The van der Waals surface area contributed by atoms with Gasteiger partial charge in [-0.25, -0.2) is 4.98 Å². The third kappa shape index (κ3) is 3.84. The van der Waals surface area contributed by atoms with Gasteiger partial charge in [-0.05, 0) is 23.8 Å². The predicted molar refractivity (Wildman–Crippen MR) is 82.6 cm³/mol. The van der Waals surface area contributed by atoms with E-state index in [1.807, 2.05) is 13.8 Å². The molecule has 0 spiro atoms. The van der Waals surface area contributed by atoms with Gasteiger partial charge in [0.05, 0.1) is 17.2 Å². The van der Waals surface area contributed by atoms with Crippen LogP contribution in [0.3, 0.4) is 0 Å². The van der Waals surface area contributed by atoms with Crippen molar-refractivity contribution in [2.45, 2.75) is 31.3 Å². The van der Waals surface area contributed by atoms with Crippen LogP contribution in [-0.2, 0) is 22.3 Å². The summed E-state index contributed by atoms with van der Waals surface area (Å²) in [5, 5.41) is 1.16. The van der Waals surface area contributed by atoms with Crippen LogP contribution in [0.15, 0.2) is 29.0 Å². The molecule has 0 amide bonds. The van der Waals surface area contributed by atoms with E-state index in [0.29, 0.717) is 21.6 Å². The van der Waals surface area contributed by atoms with Crippen LogP contribution in [0, 0.1) is 0 Å². The fraction of sp³-hybridized carbons (Fsp3) is 0.357. The monoisotopic (exact) mass is 331 g/mol. The first-order chi connectivity index (χ1) is 9.47. The van der Waals surface area contributed by atoms with Crippen molar-refractivity contribution in [1.29, 1.82) is 0 Å². The average molecular weight is 332 g/mol. The van der Waals surface area contributed by atoms with Gasteiger partial charge in [-0.1, -0.05) is 37.0 Å². The van der Waals surface area contributed by atoms with Gasteiger partial charge >= 0.3 is 0 Å². The molecule has 0 saturated carbocycles. The standard InChI is InChI=1S/C14H15Cl2NO2S/c1-9(2)14-13(17-8-19-14)7-20(18)6-10-5-11(15)3-4-12(10)16/h3-5,8-9H,6-7H2,1-2H3/t20-/m1/s1. The maximum Gasteiger partial charge on any atom is 0.181 e. The van der Waals surface area contributed by atoms with Crippen LogP contribution in [0.2, 0.25) is 10.0 Å². The van der Waals surface area contributed by atoms with Gasteiger partial charge in [0.2, 0.25) is 0 Å². The number of benzene rings is 1. The van der Waals surface area contributed by atoms with Gasteiger partial charge in [0, 0.05) is 26.8 Å². The highest BCUT2D eigenvalue weighted by molar-refractivity contribution is 7.83. The Labute approximate surface area is 130 Å². The van der Waals surface area contributed by atoms with Gasteiger partial charge in [-0.15, -0.1) is 0 Å². The first-order valence-electron chi connectivity index (χ1n) is 6.18. The minimum Gasteiger partial charge on any atom is -0.448 e. The fourth-order valence-electron chi connectivity index (χ4n) is 1.89. The second kappa shape index (κ2) is 6.74. The summed E-state index contributed by atoms with van der Waals surface area (Å²) >= 11 is 12.0. The molecule has 20 heavy (non-hydrogen) atoms. The van der Waals surface area contributed by atoms with Crippen molar-refractivity contribution in [3.05, 3.63) is 51.7 Å². The largest absolute Gasteiger partial charge is 0.448 e. The molecule has 6 heteroatoms. The molecule has 0 N–H and O–H groups in total. The molecule has 0 unspecified atom stereocenters. The van der Waals surface area contributed by atoms with Crippen LogP contribution in [0.1, 0.15) is 36.8 Å². The molecule has 0 aliphatic rings. The maximum absolute atomic E-state index is 12.2. The molecule has 108 valence electrons. The van der Waals surface area contributed by atoms with Gasteiger partial charge in [0.1, 0.15) is 5.76 Å². The highest BCUT2D eigenvalue weighted by Gasteiger charge is 2.15. The lowest BCUT2D eigenvalue weighted by Crippen LogP contribution is -2.03. The first-order valence-corrected chi connectivity index (χ1v) is 8.43. The molecule has 1 atom stereocenters. The summed E-state index contributed by atoms with van der Waals surface area (Å²) in [7, 11) is -1.11. The molecule has 0 fully saturated rings. The van der Waals surface area contributed by atoms with Gasteiger partial charge < -0.3 is 4.42 Å². The van der Waals surface area contributed by atoms with Crippen molar-refractivity contribution < 1.29 is 8.63 Å². The van der Waals surface area contributed by atoms with E-state index in [1.54, 1.807) is 18.2 Å². The van der Waals surface area contributed by atoms with Crippen molar-refractivity contribution >= 4 is 34.0 Å². The molecule has 0 bridgehead atoms. The molecule has 2 rings (SSSR count). The smallest absolute Gasteiger partial charge is 0.181 e. The molecule has 0 saturated heterocycles. The summed E-state index contributed by atoms with van der Waals surface area (Å²) in [5.74, 6) is 1.71. The van der Waals surface area contributed by atoms with Crippen LogP contribution >= 0.6 is 23.2 Å². The maximum atomic E-state index is 12.2. The molecule has 1 heterocycles. The number of hydrogen-bond acceptors (Lipinski definition) is 3. The van der Waals surface area contributed by atoms with E-state index in [-0.39, 0.29) is 5.92 Å². The Hall–Kier alpha value is -0.840. The topological polar surface area (TPSA) is 43.1 Å². The highest BCUT2D eigenvalue weighted by Crippen LogP contribution is 2.24. The summed E-state index contributed by atoms with van der Waals surface area (Å²) in [6, 6.07) is 5.17. The highest BCUT2D eigenvalue weighted by atomic mass is 35.5. The van der Waals surface area contributed by atoms with Gasteiger partial charge in [0.15, 0.2) is 6.39 Å². The van der Waals surface area contributed by atoms with Crippen molar-refractivity contribution in [3.8, 4) is 0 Å². The summed E-state index contributed by atoms with van der Waals surface area (Å²) in [5.41, 5.74) is 1.53. The Balaban J connectivity index is 2.09. The summed E-state index contributed by atoms with van der Waals surface area (Å²) in [4.78, 5) is 4.14. The Morgan fingerprint density at radius 3 is 2.75 bits per heavy atom. The van der Waals surface area contributed by atoms with E-state index >= 15 is 0 Å². The Morgan fingerprint density at radius 1 is 1.30 bits per heavy atom. The van der Waals surface area contributed by atoms with E-state index in [1.165, 1.54) is 6.39 Å². The normalized spacial score (nSPS) is 12.8. The minimum absolute atomic E-state index is 0.222. The lowest BCUT2D eigenvalue weighted by molar-refractivity contribution is 0.480. The summed E-state index contributed by atoms with van der Waals surface area (Å²) < 4.78 is 17.6. The Morgan fingerprint density at radius 2 is 2.05 bits per heavy atom. The van der Waals surface area contributed by atoms with Crippen LogP contribution in [0.5, 0.6) is 0 Å². The minimum atomic E-state index is -1.11. The molecular formula is C14H15Cl2NO2S. The van der Waals surface area contributed by atoms with E-state index in [0.717, 1.165) is 17.0 Å².